The summed E-state index contributed by atoms with van der Waals surface area (Å²) in [6, 6.07) is 8.15. The molecule has 0 atom stereocenters. The van der Waals surface area contributed by atoms with Gasteiger partial charge >= 0.3 is 0 Å². The molecule has 114 valence electrons. The van der Waals surface area contributed by atoms with Crippen molar-refractivity contribution >= 4 is 0 Å². The van der Waals surface area contributed by atoms with E-state index in [1.54, 1.807) is 0 Å². The molecule has 3 nitrogen and oxygen atoms in total. The van der Waals surface area contributed by atoms with E-state index in [0.717, 1.165) is 41.8 Å². The minimum Gasteiger partial charge on any atom is -0.504 e. The Bertz CT molecular complexity index is 621. The fourth-order valence-corrected chi connectivity index (χ4v) is 2.53. The van der Waals surface area contributed by atoms with E-state index in [1.807, 2.05) is 16.8 Å². The molecule has 0 aliphatic rings. The van der Waals surface area contributed by atoms with Gasteiger partial charge in [-0.05, 0) is 46.1 Å². The van der Waals surface area contributed by atoms with Gasteiger partial charge in [0.15, 0.2) is 5.75 Å². The van der Waals surface area contributed by atoms with Crippen molar-refractivity contribution in [2.75, 3.05) is 0 Å². The summed E-state index contributed by atoms with van der Waals surface area (Å²) in [5.41, 5.74) is 3.69. The molecular formula is C18H26N2O. The highest BCUT2D eigenvalue weighted by molar-refractivity contribution is 5.71. The number of rotatable bonds is 4. The van der Waals surface area contributed by atoms with Gasteiger partial charge in [-0.1, -0.05) is 37.6 Å². The van der Waals surface area contributed by atoms with Crippen LogP contribution < -0.4 is 0 Å². The monoisotopic (exact) mass is 286 g/mol. The summed E-state index contributed by atoms with van der Waals surface area (Å²) in [4.78, 5) is 0. The molecule has 0 fully saturated rings. The van der Waals surface area contributed by atoms with Crippen molar-refractivity contribution in [3.8, 4) is 17.0 Å². The van der Waals surface area contributed by atoms with Crippen molar-refractivity contribution in [3.05, 3.63) is 35.5 Å². The van der Waals surface area contributed by atoms with Gasteiger partial charge in [0, 0.05) is 5.56 Å². The Hall–Kier alpha value is -1.77. The Morgan fingerprint density at radius 1 is 1.19 bits per heavy atom. The molecule has 3 heteroatoms. The largest absolute Gasteiger partial charge is 0.504 e. The molecule has 0 bridgehead atoms. The molecule has 1 N–H and O–H groups in total. The van der Waals surface area contributed by atoms with Crippen LogP contribution >= 0.6 is 0 Å². The van der Waals surface area contributed by atoms with E-state index in [2.05, 4.69) is 46.8 Å². The summed E-state index contributed by atoms with van der Waals surface area (Å²) in [5.74, 6) is 0.340. The first-order valence-corrected chi connectivity index (χ1v) is 7.73. The smallest absolute Gasteiger partial charge is 0.164 e. The summed E-state index contributed by atoms with van der Waals surface area (Å²) < 4.78 is 1.97. The molecule has 0 aliphatic carbocycles. The third kappa shape index (κ3) is 3.12. The summed E-state index contributed by atoms with van der Waals surface area (Å²) in [7, 11) is 0. The quantitative estimate of drug-likeness (QED) is 0.887. The molecule has 0 amide bonds. The number of unbranched alkanes of at least 4 members (excludes halogenated alkanes) is 1. The van der Waals surface area contributed by atoms with Crippen molar-refractivity contribution < 1.29 is 5.11 Å². The molecule has 0 spiro atoms. The second-order valence-corrected chi connectivity index (χ2v) is 6.65. The average molecular weight is 286 g/mol. The van der Waals surface area contributed by atoms with Crippen molar-refractivity contribution in [2.24, 2.45) is 0 Å². The molecule has 1 aromatic carbocycles. The van der Waals surface area contributed by atoms with Crippen LogP contribution in [-0.4, -0.2) is 14.9 Å². The molecule has 2 aromatic rings. The van der Waals surface area contributed by atoms with Crippen LogP contribution in [0.4, 0.5) is 0 Å². The van der Waals surface area contributed by atoms with E-state index in [9.17, 15) is 5.11 Å². The second kappa shape index (κ2) is 5.92. The zero-order valence-electron chi connectivity index (χ0n) is 13.8. The summed E-state index contributed by atoms with van der Waals surface area (Å²) in [6.07, 6.45) is 2.97. The molecule has 0 unspecified atom stereocenters. The average Bonchev–Trinajstić information content (AvgIpc) is 2.74. The van der Waals surface area contributed by atoms with Crippen LogP contribution in [0.5, 0.6) is 5.75 Å². The maximum absolute atomic E-state index is 10.7. The number of aryl methyl sites for hydroxylation is 2. The highest BCUT2D eigenvalue weighted by Gasteiger charge is 2.26. The maximum Gasteiger partial charge on any atom is 0.164 e. The van der Waals surface area contributed by atoms with Gasteiger partial charge in [-0.25, -0.2) is 0 Å². The number of aromatic hydroxyl groups is 1. The molecule has 0 saturated heterocycles. The normalized spacial score (nSPS) is 11.9. The lowest BCUT2D eigenvalue weighted by Gasteiger charge is -2.23. The van der Waals surface area contributed by atoms with Crippen molar-refractivity contribution in [1.29, 1.82) is 0 Å². The first-order chi connectivity index (χ1) is 9.86. The SMILES string of the molecule is CCCCc1nn(C(C)(C)C)c(-c2ccccc2C)c1O. The summed E-state index contributed by atoms with van der Waals surface area (Å²) in [6.45, 7) is 10.6. The van der Waals surface area contributed by atoms with Crippen LogP contribution in [0, 0.1) is 6.92 Å². The van der Waals surface area contributed by atoms with E-state index in [0.29, 0.717) is 5.75 Å². The van der Waals surface area contributed by atoms with E-state index in [4.69, 9.17) is 5.10 Å². The second-order valence-electron chi connectivity index (χ2n) is 6.65. The third-order valence-corrected chi connectivity index (χ3v) is 3.73. The molecule has 2 rings (SSSR count). The lowest BCUT2D eigenvalue weighted by atomic mass is 10.0. The minimum atomic E-state index is -0.167. The van der Waals surface area contributed by atoms with Crippen LogP contribution in [0.3, 0.4) is 0 Å². The molecular weight excluding hydrogens is 260 g/mol. The molecule has 0 radical (unpaired) electrons. The van der Waals surface area contributed by atoms with E-state index >= 15 is 0 Å². The van der Waals surface area contributed by atoms with Gasteiger partial charge in [-0.15, -0.1) is 0 Å². The topological polar surface area (TPSA) is 38.0 Å². The predicted molar refractivity (Wildman–Crippen MR) is 87.7 cm³/mol. The highest BCUT2D eigenvalue weighted by Crippen LogP contribution is 2.37. The highest BCUT2D eigenvalue weighted by atomic mass is 16.3. The number of hydrogen-bond donors (Lipinski definition) is 1. The number of nitrogens with zero attached hydrogens (tertiary/aromatic N) is 2. The van der Waals surface area contributed by atoms with Gasteiger partial charge in [0.05, 0.1) is 5.54 Å². The fourth-order valence-electron chi connectivity index (χ4n) is 2.53. The van der Waals surface area contributed by atoms with Gasteiger partial charge in [0.25, 0.3) is 0 Å². The van der Waals surface area contributed by atoms with Crippen molar-refractivity contribution in [3.63, 3.8) is 0 Å². The standard InChI is InChI=1S/C18H26N2O/c1-6-7-12-15-17(21)16(20(19-15)18(3,4)5)14-11-9-8-10-13(14)2/h8-11,21H,6-7,12H2,1-5H3. The van der Waals surface area contributed by atoms with Crippen molar-refractivity contribution in [2.45, 2.75) is 59.4 Å². The Morgan fingerprint density at radius 3 is 2.43 bits per heavy atom. The summed E-state index contributed by atoms with van der Waals surface area (Å²) >= 11 is 0. The van der Waals surface area contributed by atoms with Gasteiger partial charge in [-0.3, -0.25) is 4.68 Å². The number of benzene rings is 1. The maximum atomic E-state index is 10.7. The van der Waals surface area contributed by atoms with Crippen molar-refractivity contribution in [1.82, 2.24) is 9.78 Å². The first-order valence-electron chi connectivity index (χ1n) is 7.73. The Kier molecular flexibility index (Phi) is 4.40. The Balaban J connectivity index is 2.63. The van der Waals surface area contributed by atoms with Crippen LogP contribution in [0.25, 0.3) is 11.3 Å². The van der Waals surface area contributed by atoms with Crippen LogP contribution in [0.1, 0.15) is 51.8 Å². The summed E-state index contributed by atoms with van der Waals surface area (Å²) in [5, 5.41) is 15.4. The predicted octanol–water partition coefficient (Wildman–Crippen LogP) is 4.66. The van der Waals surface area contributed by atoms with Gasteiger partial charge < -0.3 is 5.11 Å². The Labute approximate surface area is 127 Å². The van der Waals surface area contributed by atoms with Crippen LogP contribution in [0.15, 0.2) is 24.3 Å². The molecule has 1 aromatic heterocycles. The Morgan fingerprint density at radius 2 is 1.86 bits per heavy atom. The van der Waals surface area contributed by atoms with Crippen LogP contribution in [0.2, 0.25) is 0 Å². The fraction of sp³-hybridized carbons (Fsp3) is 0.500. The number of hydrogen-bond acceptors (Lipinski definition) is 2. The number of aromatic nitrogens is 2. The third-order valence-electron chi connectivity index (χ3n) is 3.73. The molecule has 1 heterocycles. The first kappa shape index (κ1) is 15.6. The van der Waals surface area contributed by atoms with Gasteiger partial charge in [0.1, 0.15) is 11.4 Å². The van der Waals surface area contributed by atoms with Gasteiger partial charge in [-0.2, -0.15) is 5.10 Å². The van der Waals surface area contributed by atoms with E-state index in [1.165, 1.54) is 0 Å². The van der Waals surface area contributed by atoms with E-state index in [-0.39, 0.29) is 5.54 Å². The molecule has 0 aliphatic heterocycles. The molecule has 21 heavy (non-hydrogen) atoms. The zero-order valence-corrected chi connectivity index (χ0v) is 13.8. The minimum absolute atomic E-state index is 0.167. The lowest BCUT2D eigenvalue weighted by Crippen LogP contribution is -2.24. The van der Waals surface area contributed by atoms with Gasteiger partial charge in [0.2, 0.25) is 0 Å². The molecule has 0 saturated carbocycles. The van der Waals surface area contributed by atoms with E-state index < -0.39 is 0 Å². The van der Waals surface area contributed by atoms with Crippen LogP contribution in [-0.2, 0) is 12.0 Å². The lowest BCUT2D eigenvalue weighted by molar-refractivity contribution is 0.356. The zero-order chi connectivity index (χ0) is 15.6.